The van der Waals surface area contributed by atoms with Crippen molar-refractivity contribution in [1.29, 1.82) is 0 Å². The van der Waals surface area contributed by atoms with E-state index in [0.717, 1.165) is 0 Å². The molecule has 2 rings (SSSR count). The van der Waals surface area contributed by atoms with Crippen LogP contribution in [0.4, 0.5) is 5.82 Å². The van der Waals surface area contributed by atoms with Gasteiger partial charge in [0.1, 0.15) is 5.69 Å². The molecule has 1 N–H and O–H groups in total. The predicted molar refractivity (Wildman–Crippen MR) is 42.0 cm³/mol. The molecule has 6 nitrogen and oxygen atoms in total. The van der Waals surface area contributed by atoms with Crippen molar-refractivity contribution in [1.82, 2.24) is 10.3 Å². The van der Waals surface area contributed by atoms with Crippen LogP contribution in [0, 0.1) is 12.8 Å². The number of nitrogens with zero attached hydrogens (tertiary/aromatic N) is 2. The second-order valence-corrected chi connectivity index (χ2v) is 2.92. The zero-order valence-electron chi connectivity index (χ0n) is 7.11. The summed E-state index contributed by atoms with van der Waals surface area (Å²) in [6, 6.07) is 0. The van der Waals surface area contributed by atoms with Crippen molar-refractivity contribution in [3.63, 3.8) is 0 Å². The number of nitrogens with one attached hydrogen (secondary N) is 1. The van der Waals surface area contributed by atoms with Crippen LogP contribution in [-0.4, -0.2) is 29.4 Å². The van der Waals surface area contributed by atoms with Gasteiger partial charge in [0, 0.05) is 0 Å². The Bertz CT molecular complexity index is 319. The molecule has 0 atom stereocenters. The number of ether oxygens (including phenoxy) is 1. The van der Waals surface area contributed by atoms with Gasteiger partial charge in [-0.3, -0.25) is 4.79 Å². The quantitative estimate of drug-likeness (QED) is 0.696. The van der Waals surface area contributed by atoms with Gasteiger partial charge in [0.25, 0.3) is 0 Å². The maximum Gasteiger partial charge on any atom is 0.233 e. The van der Waals surface area contributed by atoms with E-state index in [9.17, 15) is 4.79 Å². The van der Waals surface area contributed by atoms with Crippen LogP contribution in [0.1, 0.15) is 5.69 Å². The molecule has 6 heteroatoms. The zero-order valence-corrected chi connectivity index (χ0v) is 7.11. The highest BCUT2D eigenvalue weighted by atomic mass is 16.6. The van der Waals surface area contributed by atoms with Crippen LogP contribution in [0.25, 0.3) is 0 Å². The van der Waals surface area contributed by atoms with Crippen molar-refractivity contribution < 1.29 is 14.2 Å². The Morgan fingerprint density at radius 3 is 2.77 bits per heavy atom. The van der Waals surface area contributed by atoms with E-state index in [4.69, 9.17) is 4.74 Å². The Morgan fingerprint density at radius 1 is 1.54 bits per heavy atom. The van der Waals surface area contributed by atoms with Crippen LogP contribution in [-0.2, 0) is 9.53 Å². The summed E-state index contributed by atoms with van der Waals surface area (Å²) in [5.74, 6) is 0.234. The smallest absolute Gasteiger partial charge is 0.233 e. The third kappa shape index (κ3) is 1.52. The molecule has 1 aromatic rings. The lowest BCUT2D eigenvalue weighted by Crippen LogP contribution is -2.38. The van der Waals surface area contributed by atoms with Gasteiger partial charge in [0.05, 0.1) is 19.1 Å². The second-order valence-electron chi connectivity index (χ2n) is 2.92. The number of anilines is 1. The van der Waals surface area contributed by atoms with E-state index in [0.29, 0.717) is 24.7 Å². The summed E-state index contributed by atoms with van der Waals surface area (Å²) in [6.45, 7) is 2.68. The Kier molecular flexibility index (Phi) is 1.97. The maximum absolute atomic E-state index is 11.3. The molecule has 2 heterocycles. The van der Waals surface area contributed by atoms with Crippen molar-refractivity contribution >= 4 is 11.7 Å². The molecule has 1 aliphatic heterocycles. The minimum Gasteiger partial charge on any atom is -0.380 e. The van der Waals surface area contributed by atoms with Crippen LogP contribution >= 0.6 is 0 Å². The SMILES string of the molecule is Cc1nonc1NC(=O)C1COC1. The highest BCUT2D eigenvalue weighted by molar-refractivity contribution is 5.92. The number of hydrogen-bond acceptors (Lipinski definition) is 5. The van der Waals surface area contributed by atoms with E-state index in [1.54, 1.807) is 6.92 Å². The molecule has 1 aromatic heterocycles. The largest absolute Gasteiger partial charge is 0.380 e. The topological polar surface area (TPSA) is 77.3 Å². The fourth-order valence-electron chi connectivity index (χ4n) is 0.951. The fraction of sp³-hybridized carbons (Fsp3) is 0.571. The first-order valence-corrected chi connectivity index (χ1v) is 3.95. The van der Waals surface area contributed by atoms with Crippen molar-refractivity contribution in [2.75, 3.05) is 18.5 Å². The average Bonchev–Trinajstić information content (AvgIpc) is 2.32. The Hall–Kier alpha value is -1.43. The number of rotatable bonds is 2. The summed E-state index contributed by atoms with van der Waals surface area (Å²) in [5, 5.41) is 9.68. The first kappa shape index (κ1) is 8.18. The first-order chi connectivity index (χ1) is 6.27. The molecular weight excluding hydrogens is 174 g/mol. The molecular formula is C7H9N3O3. The molecule has 0 bridgehead atoms. The molecule has 0 aromatic carbocycles. The number of aryl methyl sites for hydroxylation is 1. The number of carbonyl (C=O) groups is 1. The highest BCUT2D eigenvalue weighted by Gasteiger charge is 2.27. The summed E-state index contributed by atoms with van der Waals surface area (Å²) in [5.41, 5.74) is 0.577. The molecule has 1 aliphatic rings. The van der Waals surface area contributed by atoms with E-state index < -0.39 is 0 Å². The van der Waals surface area contributed by atoms with Crippen LogP contribution in [0.2, 0.25) is 0 Å². The lowest BCUT2D eigenvalue weighted by atomic mass is 10.1. The van der Waals surface area contributed by atoms with Crippen LogP contribution < -0.4 is 5.32 Å². The summed E-state index contributed by atoms with van der Waals surface area (Å²) in [4.78, 5) is 11.3. The molecule has 0 radical (unpaired) electrons. The fourth-order valence-corrected chi connectivity index (χ4v) is 0.951. The normalized spacial score (nSPS) is 16.7. The van der Waals surface area contributed by atoms with Gasteiger partial charge in [0.2, 0.25) is 5.91 Å². The van der Waals surface area contributed by atoms with Gasteiger partial charge >= 0.3 is 0 Å². The van der Waals surface area contributed by atoms with Crippen molar-refractivity contribution in [2.24, 2.45) is 5.92 Å². The third-order valence-electron chi connectivity index (χ3n) is 1.90. The van der Waals surface area contributed by atoms with Crippen LogP contribution in [0.5, 0.6) is 0 Å². The van der Waals surface area contributed by atoms with Crippen molar-refractivity contribution in [3.05, 3.63) is 5.69 Å². The summed E-state index contributed by atoms with van der Waals surface area (Å²) in [7, 11) is 0. The van der Waals surface area contributed by atoms with Crippen LogP contribution in [0.3, 0.4) is 0 Å². The Balaban J connectivity index is 1.97. The highest BCUT2D eigenvalue weighted by Crippen LogP contribution is 2.14. The van der Waals surface area contributed by atoms with Gasteiger partial charge in [-0.25, -0.2) is 4.63 Å². The number of aromatic nitrogens is 2. The standard InChI is InChI=1S/C7H9N3O3/c1-4-6(10-13-9-4)8-7(11)5-2-12-3-5/h5H,2-3H2,1H3,(H,8,10,11). The molecule has 0 saturated carbocycles. The molecule has 13 heavy (non-hydrogen) atoms. The van der Waals surface area contributed by atoms with Gasteiger partial charge in [-0.1, -0.05) is 5.16 Å². The minimum absolute atomic E-state index is 0.0592. The molecule has 70 valence electrons. The average molecular weight is 183 g/mol. The van der Waals surface area contributed by atoms with E-state index in [1.807, 2.05) is 0 Å². The first-order valence-electron chi connectivity index (χ1n) is 3.95. The van der Waals surface area contributed by atoms with Crippen molar-refractivity contribution in [2.45, 2.75) is 6.92 Å². The molecule has 1 saturated heterocycles. The van der Waals surface area contributed by atoms with E-state index in [2.05, 4.69) is 20.3 Å². The van der Waals surface area contributed by atoms with Gasteiger partial charge in [-0.2, -0.15) is 0 Å². The Morgan fingerprint density at radius 2 is 2.31 bits per heavy atom. The minimum atomic E-state index is -0.0925. The predicted octanol–water partition coefficient (Wildman–Crippen LogP) is -0.0371. The number of amides is 1. The lowest BCUT2D eigenvalue weighted by molar-refractivity contribution is -0.133. The van der Waals surface area contributed by atoms with Gasteiger partial charge in [-0.15, -0.1) is 0 Å². The van der Waals surface area contributed by atoms with E-state index in [-0.39, 0.29) is 11.8 Å². The van der Waals surface area contributed by atoms with Gasteiger partial charge < -0.3 is 10.1 Å². The molecule has 0 aliphatic carbocycles. The monoisotopic (exact) mass is 183 g/mol. The molecule has 1 amide bonds. The Labute approximate surface area is 74.2 Å². The number of hydrogen-bond donors (Lipinski definition) is 1. The zero-order chi connectivity index (χ0) is 9.26. The summed E-state index contributed by atoms with van der Waals surface area (Å²) >= 11 is 0. The molecule has 1 fully saturated rings. The molecule has 0 spiro atoms. The second kappa shape index (κ2) is 3.14. The van der Waals surface area contributed by atoms with E-state index >= 15 is 0 Å². The number of carbonyl (C=O) groups excluding carboxylic acids is 1. The van der Waals surface area contributed by atoms with Crippen LogP contribution in [0.15, 0.2) is 4.63 Å². The summed E-state index contributed by atoms with van der Waals surface area (Å²) < 4.78 is 9.32. The third-order valence-corrected chi connectivity index (χ3v) is 1.90. The van der Waals surface area contributed by atoms with Gasteiger partial charge in [-0.05, 0) is 12.1 Å². The lowest BCUT2D eigenvalue weighted by Gasteiger charge is -2.23. The summed E-state index contributed by atoms with van der Waals surface area (Å²) in [6.07, 6.45) is 0. The maximum atomic E-state index is 11.3. The molecule has 0 unspecified atom stereocenters. The van der Waals surface area contributed by atoms with Gasteiger partial charge in [0.15, 0.2) is 5.82 Å². The van der Waals surface area contributed by atoms with E-state index in [1.165, 1.54) is 0 Å². The van der Waals surface area contributed by atoms with Crippen molar-refractivity contribution in [3.8, 4) is 0 Å².